The molecule has 0 amide bonds. The van der Waals surface area contributed by atoms with Gasteiger partial charge in [-0.25, -0.2) is 0 Å². The molecular weight excluding hydrogens is 620 g/mol. The molecule has 9 atom stereocenters. The zero-order valence-corrected chi connectivity index (χ0v) is 25.8. The Morgan fingerprint density at radius 3 is 1.80 bits per heavy atom. The molecule has 5 rings (SSSR count). The van der Waals surface area contributed by atoms with Crippen LogP contribution in [0.5, 0.6) is 0 Å². The standard InChI is InChI=1S/C24H28Cl8O3/c1-11(2)21(28)14-10-13-18(3)7-5-8-19(4,15(25)33)12(18)6-9-20(13,24(21,31)32)23(30,17(27)35)22(14,29)16(26)34/h11-14H,5-10H2,1-4H3/t12-,13-,14+,18-,19-,20+,21-,22-,23-/m1/s1. The van der Waals surface area contributed by atoms with E-state index in [-0.39, 0.29) is 18.3 Å². The van der Waals surface area contributed by atoms with Crippen LogP contribution in [0.4, 0.5) is 0 Å². The van der Waals surface area contributed by atoms with Crippen molar-refractivity contribution < 1.29 is 14.4 Å². The third-order valence-electron chi connectivity index (χ3n) is 10.7. The maximum atomic E-state index is 13.4. The van der Waals surface area contributed by atoms with Crippen molar-refractivity contribution in [2.45, 2.75) is 85.2 Å². The molecule has 0 radical (unpaired) electrons. The van der Waals surface area contributed by atoms with Gasteiger partial charge in [-0.2, -0.15) is 0 Å². The zero-order valence-electron chi connectivity index (χ0n) is 19.8. The highest BCUT2D eigenvalue weighted by atomic mass is 35.5. The van der Waals surface area contributed by atoms with Gasteiger partial charge in [0.05, 0.1) is 4.87 Å². The molecule has 0 aromatic rings. The van der Waals surface area contributed by atoms with Gasteiger partial charge >= 0.3 is 0 Å². The summed E-state index contributed by atoms with van der Waals surface area (Å²) >= 11 is 55.0. The van der Waals surface area contributed by atoms with Gasteiger partial charge in [-0.3, -0.25) is 14.4 Å². The van der Waals surface area contributed by atoms with Gasteiger partial charge < -0.3 is 0 Å². The SMILES string of the molecule is CC(C)[C@@]1(Cl)[C@@H]2C[C@@H]3[C@]4(C)CCC[C@@](C)(C(=O)Cl)[C@@H]4CC[C@@]3(C1(Cl)Cl)[C@](Cl)(C(=O)Cl)[C@]2(Cl)C(=O)Cl. The van der Waals surface area contributed by atoms with Gasteiger partial charge in [-0.15, -0.1) is 34.8 Å². The molecule has 0 aliphatic heterocycles. The lowest BCUT2D eigenvalue weighted by atomic mass is 9.31. The number of alkyl halides is 5. The first-order valence-electron chi connectivity index (χ1n) is 11.8. The van der Waals surface area contributed by atoms with Crippen LogP contribution in [-0.4, -0.2) is 34.7 Å². The number of halogens is 8. The Bertz CT molecular complexity index is 1000. The first kappa shape index (κ1) is 29.3. The van der Waals surface area contributed by atoms with Crippen molar-refractivity contribution in [2.75, 3.05) is 0 Å². The van der Waals surface area contributed by atoms with Crippen molar-refractivity contribution in [3.8, 4) is 0 Å². The van der Waals surface area contributed by atoms with Gasteiger partial charge in [-0.1, -0.05) is 57.3 Å². The Labute approximate surface area is 246 Å². The summed E-state index contributed by atoms with van der Waals surface area (Å²) in [6.45, 7) is 7.65. The minimum atomic E-state index is -2.24. The molecule has 0 N–H and O–H groups in total. The van der Waals surface area contributed by atoms with Gasteiger partial charge in [0.15, 0.2) is 9.75 Å². The number of fused-ring (bicyclic) bond motifs is 3. The van der Waals surface area contributed by atoms with Crippen LogP contribution in [0.1, 0.15) is 66.2 Å². The van der Waals surface area contributed by atoms with Crippen LogP contribution in [0.15, 0.2) is 0 Å². The maximum absolute atomic E-state index is 13.4. The van der Waals surface area contributed by atoms with Crippen LogP contribution in [0.2, 0.25) is 0 Å². The van der Waals surface area contributed by atoms with Crippen molar-refractivity contribution in [1.82, 2.24) is 0 Å². The molecule has 2 bridgehead atoms. The quantitative estimate of drug-likeness (QED) is 0.228. The summed E-state index contributed by atoms with van der Waals surface area (Å²) in [7, 11) is 0. The van der Waals surface area contributed by atoms with E-state index in [1.807, 2.05) is 20.8 Å². The van der Waals surface area contributed by atoms with Crippen LogP contribution in [0, 0.1) is 39.9 Å². The molecule has 35 heavy (non-hydrogen) atoms. The Morgan fingerprint density at radius 2 is 1.34 bits per heavy atom. The molecular formula is C24H28Cl8O3. The second kappa shape index (κ2) is 8.42. The first-order chi connectivity index (χ1) is 15.8. The lowest BCUT2D eigenvalue weighted by molar-refractivity contribution is -0.219. The monoisotopic (exact) mass is 644 g/mol. The summed E-state index contributed by atoms with van der Waals surface area (Å²) in [5.41, 5.74) is -2.85. The fourth-order valence-electron chi connectivity index (χ4n) is 9.14. The van der Waals surface area contributed by atoms with Gasteiger partial charge in [0.2, 0.25) is 15.7 Å². The van der Waals surface area contributed by atoms with E-state index in [1.54, 1.807) is 0 Å². The minimum Gasteiger partial charge on any atom is -0.281 e. The van der Waals surface area contributed by atoms with Crippen molar-refractivity contribution in [3.63, 3.8) is 0 Å². The molecule has 11 heteroatoms. The summed E-state index contributed by atoms with van der Waals surface area (Å²) in [5, 5.41) is -2.45. The molecule has 0 aromatic carbocycles. The molecule has 198 valence electrons. The predicted octanol–water partition coefficient (Wildman–Crippen LogP) is 8.29. The van der Waals surface area contributed by atoms with Gasteiger partial charge in [-0.05, 0) is 90.1 Å². The smallest absolute Gasteiger partial charge is 0.245 e. The highest BCUT2D eigenvalue weighted by Gasteiger charge is 2.92. The van der Waals surface area contributed by atoms with E-state index in [9.17, 15) is 14.4 Å². The van der Waals surface area contributed by atoms with E-state index in [1.165, 1.54) is 0 Å². The maximum Gasteiger partial charge on any atom is 0.245 e. The van der Waals surface area contributed by atoms with E-state index >= 15 is 0 Å². The summed E-state index contributed by atoms with van der Waals surface area (Å²) < 4.78 is -1.81. The normalized spacial score (nSPS) is 52.5. The van der Waals surface area contributed by atoms with Gasteiger partial charge in [0.25, 0.3) is 0 Å². The number of hydrogen-bond acceptors (Lipinski definition) is 3. The molecule has 1 spiro atoms. The van der Waals surface area contributed by atoms with Gasteiger partial charge in [0.1, 0.15) is 4.33 Å². The Morgan fingerprint density at radius 1 is 0.771 bits per heavy atom. The zero-order chi connectivity index (χ0) is 26.8. The first-order valence-corrected chi connectivity index (χ1v) is 14.9. The molecule has 5 aliphatic carbocycles. The largest absolute Gasteiger partial charge is 0.281 e. The van der Waals surface area contributed by atoms with Crippen LogP contribution < -0.4 is 0 Å². The van der Waals surface area contributed by atoms with E-state index in [2.05, 4.69) is 6.92 Å². The van der Waals surface area contributed by atoms with Crippen molar-refractivity contribution in [1.29, 1.82) is 0 Å². The topological polar surface area (TPSA) is 51.2 Å². The Kier molecular flexibility index (Phi) is 7.05. The summed E-state index contributed by atoms with van der Waals surface area (Å²) in [4.78, 5) is 33.3. The number of carbonyl (C=O) groups is 3. The average molecular weight is 648 g/mol. The fraction of sp³-hybridized carbons (Fsp3) is 0.875. The van der Waals surface area contributed by atoms with Crippen molar-refractivity contribution >= 4 is 109 Å². The third-order valence-corrected chi connectivity index (χ3v) is 16.0. The molecule has 5 aliphatic rings. The lowest BCUT2D eigenvalue weighted by Crippen LogP contribution is -2.89. The molecule has 5 saturated carbocycles. The third kappa shape index (κ3) is 2.95. The second-order valence-corrected chi connectivity index (χ2v) is 16.0. The highest BCUT2D eigenvalue weighted by molar-refractivity contribution is 6.79. The van der Waals surface area contributed by atoms with Crippen molar-refractivity contribution in [3.05, 3.63) is 0 Å². The minimum absolute atomic E-state index is 0.126. The van der Waals surface area contributed by atoms with E-state index in [0.29, 0.717) is 19.3 Å². The molecule has 0 unspecified atom stereocenters. The Hall–Kier alpha value is 1.33. The molecule has 0 saturated heterocycles. The van der Waals surface area contributed by atoms with E-state index < -0.39 is 62.8 Å². The lowest BCUT2D eigenvalue weighted by Gasteiger charge is -2.79. The second-order valence-electron chi connectivity index (χ2n) is 11.9. The van der Waals surface area contributed by atoms with Crippen LogP contribution in [0.3, 0.4) is 0 Å². The predicted molar refractivity (Wildman–Crippen MR) is 144 cm³/mol. The molecule has 0 heterocycles. The summed E-state index contributed by atoms with van der Waals surface area (Å²) in [5.74, 6) is -1.91. The molecule has 0 aromatic heterocycles. The summed E-state index contributed by atoms with van der Waals surface area (Å²) in [6.07, 6.45) is 2.99. The average Bonchev–Trinajstić information content (AvgIpc) is 2.73. The fourth-order valence-corrected chi connectivity index (χ4v) is 13.2. The van der Waals surface area contributed by atoms with Gasteiger partial charge in [0, 0.05) is 16.7 Å². The number of rotatable bonds is 4. The van der Waals surface area contributed by atoms with E-state index in [0.717, 1.165) is 12.8 Å². The van der Waals surface area contributed by atoms with Crippen LogP contribution in [-0.2, 0) is 14.4 Å². The van der Waals surface area contributed by atoms with E-state index in [4.69, 9.17) is 92.8 Å². The summed E-state index contributed by atoms with van der Waals surface area (Å²) in [6, 6.07) is 0. The van der Waals surface area contributed by atoms with Crippen LogP contribution >= 0.6 is 92.8 Å². The molecule has 3 nitrogen and oxygen atoms in total. The Balaban J connectivity index is 2.09. The highest BCUT2D eigenvalue weighted by Crippen LogP contribution is 2.85. The molecule has 5 fully saturated rings. The number of hydrogen-bond donors (Lipinski definition) is 0. The number of carbonyl (C=O) groups excluding carboxylic acids is 3. The van der Waals surface area contributed by atoms with Crippen molar-refractivity contribution in [2.24, 2.45) is 39.9 Å². The van der Waals surface area contributed by atoms with Crippen LogP contribution in [0.25, 0.3) is 0 Å².